The van der Waals surface area contributed by atoms with E-state index >= 15 is 0 Å². The van der Waals surface area contributed by atoms with Crippen LogP contribution >= 0.6 is 0 Å². The molecule has 1 atom stereocenters. The molecule has 3 N–H and O–H groups in total. The van der Waals surface area contributed by atoms with Crippen molar-refractivity contribution in [2.24, 2.45) is 0 Å². The summed E-state index contributed by atoms with van der Waals surface area (Å²) < 4.78 is 0. The normalized spacial score (nSPS) is 12.5. The summed E-state index contributed by atoms with van der Waals surface area (Å²) in [6.45, 7) is 10.9. The molecule has 0 aliphatic carbocycles. The molecule has 0 aliphatic rings. The zero-order valence-corrected chi connectivity index (χ0v) is 17.8. The predicted molar refractivity (Wildman–Crippen MR) is 114 cm³/mol. The van der Waals surface area contributed by atoms with Crippen molar-refractivity contribution in [3.05, 3.63) is 70.8 Å². The van der Waals surface area contributed by atoms with E-state index in [-0.39, 0.29) is 5.91 Å². The first-order chi connectivity index (χ1) is 13.7. The second-order valence-corrected chi connectivity index (χ2v) is 7.29. The van der Waals surface area contributed by atoms with Crippen molar-refractivity contribution in [3.8, 4) is 0 Å². The van der Waals surface area contributed by atoms with Crippen molar-refractivity contribution in [1.29, 1.82) is 0 Å². The summed E-state index contributed by atoms with van der Waals surface area (Å²) in [5, 5.41) is 11.6. The molecule has 0 aliphatic heterocycles. The molecular weight excluding hydrogens is 366 g/mol. The Morgan fingerprint density at radius 2 is 1.45 bits per heavy atom. The van der Waals surface area contributed by atoms with Gasteiger partial charge in [-0.1, -0.05) is 73.5 Å². The summed E-state index contributed by atoms with van der Waals surface area (Å²) in [5.41, 5.74) is 5.66. The van der Waals surface area contributed by atoms with Gasteiger partial charge >= 0.3 is 0 Å². The number of hydrogen-bond donors (Lipinski definition) is 3. The zero-order chi connectivity index (χ0) is 21.6. The van der Waals surface area contributed by atoms with Crippen LogP contribution in [0, 0.1) is 13.8 Å². The highest BCUT2D eigenvalue weighted by Crippen LogP contribution is 2.31. The SMILES string of the molecule is CCN(CC)C(C)C(=O)NNC(=O)C(O)(c1cccc(C)c1)c1cccc(C)c1. The third kappa shape index (κ3) is 5.02. The number of nitrogens with one attached hydrogen (secondary N) is 2. The van der Waals surface area contributed by atoms with Crippen molar-refractivity contribution >= 4 is 11.8 Å². The Morgan fingerprint density at radius 1 is 0.966 bits per heavy atom. The van der Waals surface area contributed by atoms with Gasteiger partial charge in [0, 0.05) is 0 Å². The van der Waals surface area contributed by atoms with Crippen LogP contribution in [0.4, 0.5) is 0 Å². The predicted octanol–water partition coefficient (Wildman–Crippen LogP) is 2.42. The number of nitrogens with zero attached hydrogens (tertiary/aromatic N) is 1. The maximum atomic E-state index is 13.1. The third-order valence-electron chi connectivity index (χ3n) is 5.24. The van der Waals surface area contributed by atoms with Gasteiger partial charge in [-0.2, -0.15) is 0 Å². The number of carbonyl (C=O) groups excluding carboxylic acids is 2. The molecule has 156 valence electrons. The number of benzene rings is 2. The number of likely N-dealkylation sites (N-methyl/N-ethyl adjacent to an activating group) is 1. The minimum absolute atomic E-state index is 0.335. The Labute approximate surface area is 172 Å². The van der Waals surface area contributed by atoms with E-state index in [1.807, 2.05) is 44.7 Å². The molecule has 29 heavy (non-hydrogen) atoms. The van der Waals surface area contributed by atoms with E-state index in [0.717, 1.165) is 24.2 Å². The lowest BCUT2D eigenvalue weighted by molar-refractivity contribution is -0.141. The third-order valence-corrected chi connectivity index (χ3v) is 5.24. The van der Waals surface area contributed by atoms with E-state index in [4.69, 9.17) is 0 Å². The van der Waals surface area contributed by atoms with Gasteiger partial charge in [-0.25, -0.2) is 0 Å². The number of hydrogen-bond acceptors (Lipinski definition) is 4. The lowest BCUT2D eigenvalue weighted by atomic mass is 9.84. The van der Waals surface area contributed by atoms with E-state index < -0.39 is 17.6 Å². The quantitative estimate of drug-likeness (QED) is 0.627. The number of rotatable bonds is 7. The van der Waals surface area contributed by atoms with Gasteiger partial charge in [-0.3, -0.25) is 25.3 Å². The molecule has 0 bridgehead atoms. The van der Waals surface area contributed by atoms with Crippen molar-refractivity contribution in [3.63, 3.8) is 0 Å². The molecule has 1 unspecified atom stereocenters. The second-order valence-electron chi connectivity index (χ2n) is 7.29. The minimum atomic E-state index is -1.94. The molecule has 6 nitrogen and oxygen atoms in total. The highest BCUT2D eigenvalue weighted by Gasteiger charge is 2.40. The maximum Gasteiger partial charge on any atom is 0.279 e. The fraction of sp³-hybridized carbons (Fsp3) is 0.391. The molecule has 6 heteroatoms. The van der Waals surface area contributed by atoms with Crippen LogP contribution in [-0.4, -0.2) is 41.0 Å². The van der Waals surface area contributed by atoms with E-state index in [1.54, 1.807) is 43.3 Å². The van der Waals surface area contributed by atoms with Crippen LogP contribution in [0.1, 0.15) is 43.0 Å². The minimum Gasteiger partial charge on any atom is -0.372 e. The summed E-state index contributed by atoms with van der Waals surface area (Å²) >= 11 is 0. The molecule has 0 saturated carbocycles. The van der Waals surface area contributed by atoms with Gasteiger partial charge in [0.05, 0.1) is 6.04 Å². The lowest BCUT2D eigenvalue weighted by Gasteiger charge is -2.30. The topological polar surface area (TPSA) is 81.7 Å². The van der Waals surface area contributed by atoms with Crippen molar-refractivity contribution in [1.82, 2.24) is 15.8 Å². The highest BCUT2D eigenvalue weighted by molar-refractivity contribution is 5.92. The average Bonchev–Trinajstić information content (AvgIpc) is 2.71. The molecule has 2 aromatic carbocycles. The summed E-state index contributed by atoms with van der Waals surface area (Å²) in [4.78, 5) is 27.6. The average molecular weight is 398 g/mol. The van der Waals surface area contributed by atoms with Crippen molar-refractivity contribution in [2.45, 2.75) is 46.3 Å². The second kappa shape index (κ2) is 9.67. The Hall–Kier alpha value is -2.70. The first-order valence-corrected chi connectivity index (χ1v) is 9.95. The molecule has 0 aromatic heterocycles. The smallest absolute Gasteiger partial charge is 0.279 e. The molecular formula is C23H31N3O3. The van der Waals surface area contributed by atoms with Crippen molar-refractivity contribution < 1.29 is 14.7 Å². The summed E-state index contributed by atoms with van der Waals surface area (Å²) in [7, 11) is 0. The number of amides is 2. The number of aryl methyl sites for hydroxylation is 2. The fourth-order valence-electron chi connectivity index (χ4n) is 3.42. The van der Waals surface area contributed by atoms with Gasteiger partial charge in [-0.15, -0.1) is 0 Å². The maximum absolute atomic E-state index is 13.1. The number of aliphatic hydroxyl groups is 1. The first kappa shape index (κ1) is 22.6. The first-order valence-electron chi connectivity index (χ1n) is 9.95. The molecule has 0 saturated heterocycles. The van der Waals surface area contributed by atoms with Gasteiger partial charge < -0.3 is 5.11 Å². The molecule has 2 rings (SSSR count). The van der Waals surface area contributed by atoms with Crippen LogP contribution in [-0.2, 0) is 15.2 Å². The number of hydrazine groups is 1. The Morgan fingerprint density at radius 3 is 1.86 bits per heavy atom. The summed E-state index contributed by atoms with van der Waals surface area (Å²) in [6.07, 6.45) is 0. The molecule has 0 radical (unpaired) electrons. The Balaban J connectivity index is 2.32. The zero-order valence-electron chi connectivity index (χ0n) is 17.8. The van der Waals surface area contributed by atoms with Crippen molar-refractivity contribution in [2.75, 3.05) is 13.1 Å². The molecule has 0 fully saturated rings. The van der Waals surface area contributed by atoms with E-state index in [9.17, 15) is 14.7 Å². The van der Waals surface area contributed by atoms with E-state index in [0.29, 0.717) is 11.1 Å². The number of carbonyl (C=O) groups is 2. The van der Waals surface area contributed by atoms with Crippen LogP contribution in [0.2, 0.25) is 0 Å². The largest absolute Gasteiger partial charge is 0.372 e. The van der Waals surface area contributed by atoms with Gasteiger partial charge in [0.25, 0.3) is 11.8 Å². The van der Waals surface area contributed by atoms with E-state index in [2.05, 4.69) is 10.9 Å². The standard InChI is InChI=1S/C23H31N3O3/c1-6-26(7-2)18(5)21(27)24-25-22(28)23(29,19-12-8-10-16(3)14-19)20-13-9-11-17(4)15-20/h8-15,18,29H,6-7H2,1-5H3,(H,24,27)(H,25,28). The van der Waals surface area contributed by atoms with Crippen LogP contribution in [0.15, 0.2) is 48.5 Å². The van der Waals surface area contributed by atoms with Gasteiger partial charge in [0.1, 0.15) is 0 Å². The van der Waals surface area contributed by atoms with Crippen LogP contribution in [0.25, 0.3) is 0 Å². The Kier molecular flexibility index (Phi) is 7.53. The van der Waals surface area contributed by atoms with Crippen LogP contribution < -0.4 is 10.9 Å². The summed E-state index contributed by atoms with van der Waals surface area (Å²) in [5.74, 6) is -1.05. The van der Waals surface area contributed by atoms with Gasteiger partial charge in [0.15, 0.2) is 5.60 Å². The highest BCUT2D eigenvalue weighted by atomic mass is 16.3. The lowest BCUT2D eigenvalue weighted by Crippen LogP contribution is -2.56. The summed E-state index contributed by atoms with van der Waals surface area (Å²) in [6, 6.07) is 13.9. The fourth-order valence-corrected chi connectivity index (χ4v) is 3.42. The van der Waals surface area contributed by atoms with Crippen LogP contribution in [0.3, 0.4) is 0 Å². The van der Waals surface area contributed by atoms with Gasteiger partial charge in [-0.05, 0) is 45.0 Å². The monoisotopic (exact) mass is 397 g/mol. The van der Waals surface area contributed by atoms with Crippen LogP contribution in [0.5, 0.6) is 0 Å². The molecule has 0 spiro atoms. The molecule has 0 heterocycles. The Bertz CT molecular complexity index is 816. The molecule has 2 amide bonds. The molecule has 2 aromatic rings. The van der Waals surface area contributed by atoms with E-state index in [1.165, 1.54) is 0 Å². The van der Waals surface area contributed by atoms with Gasteiger partial charge in [0.2, 0.25) is 0 Å².